The fourth-order valence-corrected chi connectivity index (χ4v) is 0.175. The lowest BCUT2D eigenvalue weighted by molar-refractivity contribution is -0.146. The van der Waals surface area contributed by atoms with Gasteiger partial charge in [-0.25, -0.2) is 4.79 Å². The average molecular weight is 299 g/mol. The SMILES string of the molecule is CC(=O)O.CC(N)=O.CC(O)CO.CCC(O)C(=O)O. The van der Waals surface area contributed by atoms with Crippen LogP contribution in [0.25, 0.3) is 0 Å². The fourth-order valence-electron chi connectivity index (χ4n) is 0.175. The van der Waals surface area contributed by atoms with Gasteiger partial charge in [0.2, 0.25) is 5.91 Å². The number of carbonyl (C=O) groups excluding carboxylic acids is 1. The molecule has 9 heteroatoms. The molecule has 0 aliphatic rings. The van der Waals surface area contributed by atoms with E-state index >= 15 is 0 Å². The van der Waals surface area contributed by atoms with Gasteiger partial charge in [0.05, 0.1) is 12.7 Å². The molecule has 2 atom stereocenters. The lowest BCUT2D eigenvalue weighted by atomic mass is 10.3. The van der Waals surface area contributed by atoms with Crippen LogP contribution in [-0.4, -0.2) is 62.2 Å². The molecular weight excluding hydrogens is 274 g/mol. The Hall–Kier alpha value is -1.71. The highest BCUT2D eigenvalue weighted by Gasteiger charge is 2.07. The Labute approximate surface area is 117 Å². The monoisotopic (exact) mass is 299 g/mol. The summed E-state index contributed by atoms with van der Waals surface area (Å²) in [5.41, 5.74) is 4.47. The van der Waals surface area contributed by atoms with E-state index in [1.54, 1.807) is 6.92 Å². The zero-order valence-corrected chi connectivity index (χ0v) is 12.1. The van der Waals surface area contributed by atoms with Crippen molar-refractivity contribution in [3.05, 3.63) is 0 Å². The van der Waals surface area contributed by atoms with Crippen molar-refractivity contribution in [3.8, 4) is 0 Å². The summed E-state index contributed by atoms with van der Waals surface area (Å²) in [4.78, 5) is 27.9. The quantitative estimate of drug-likeness (QED) is 0.375. The van der Waals surface area contributed by atoms with Gasteiger partial charge in [0.15, 0.2) is 6.10 Å². The van der Waals surface area contributed by atoms with E-state index in [-0.39, 0.29) is 18.9 Å². The normalized spacial score (nSPS) is 10.9. The predicted octanol–water partition coefficient (Wildman–Crippen LogP) is -1.22. The topological polar surface area (TPSA) is 178 Å². The van der Waals surface area contributed by atoms with Gasteiger partial charge in [0, 0.05) is 13.8 Å². The van der Waals surface area contributed by atoms with Crippen LogP contribution in [-0.2, 0) is 14.4 Å². The molecule has 0 bridgehead atoms. The standard InChI is InChI=1S/C4H8O3.C3H8O2.C2H5NO.C2H4O2/c1-2-3(5)4(6)7;1-3(5)2-4;2*1-2(3)4/h3,5H,2H2,1H3,(H,6,7);3-5H,2H2,1H3;1H3,(H2,3,4);1H3,(H,3,4). The van der Waals surface area contributed by atoms with Gasteiger partial charge in [-0.15, -0.1) is 0 Å². The minimum absolute atomic E-state index is 0.139. The number of carboxylic acids is 2. The van der Waals surface area contributed by atoms with E-state index in [9.17, 15) is 9.59 Å². The lowest BCUT2D eigenvalue weighted by Crippen LogP contribution is -2.17. The van der Waals surface area contributed by atoms with Crippen LogP contribution >= 0.6 is 0 Å². The highest BCUT2D eigenvalue weighted by molar-refractivity contribution is 5.71. The van der Waals surface area contributed by atoms with Crippen molar-refractivity contribution in [1.82, 2.24) is 0 Å². The number of amides is 1. The fraction of sp³-hybridized carbons (Fsp3) is 0.727. The number of carboxylic acid groups (broad SMARTS) is 2. The Kier molecular flexibility index (Phi) is 26.3. The molecule has 1 amide bonds. The summed E-state index contributed by atoms with van der Waals surface area (Å²) in [6.07, 6.45) is -1.47. The Bertz CT molecular complexity index is 235. The summed E-state index contributed by atoms with van der Waals surface area (Å²) in [7, 11) is 0. The molecule has 2 unspecified atom stereocenters. The third-order valence-corrected chi connectivity index (χ3v) is 0.936. The third kappa shape index (κ3) is 96.3. The van der Waals surface area contributed by atoms with E-state index in [0.717, 1.165) is 6.92 Å². The van der Waals surface area contributed by atoms with Crippen molar-refractivity contribution >= 4 is 17.8 Å². The molecule has 0 saturated carbocycles. The lowest BCUT2D eigenvalue weighted by Gasteiger charge is -1.95. The van der Waals surface area contributed by atoms with Crippen LogP contribution in [0.5, 0.6) is 0 Å². The first-order valence-corrected chi connectivity index (χ1v) is 5.57. The Morgan fingerprint density at radius 1 is 1.10 bits per heavy atom. The van der Waals surface area contributed by atoms with Gasteiger partial charge in [-0.3, -0.25) is 9.59 Å². The van der Waals surface area contributed by atoms with Gasteiger partial charge in [0.1, 0.15) is 0 Å². The van der Waals surface area contributed by atoms with Crippen LogP contribution in [0, 0.1) is 0 Å². The maximum absolute atomic E-state index is 9.68. The van der Waals surface area contributed by atoms with Crippen LogP contribution in [0.2, 0.25) is 0 Å². The minimum atomic E-state index is -1.18. The number of hydrogen-bond acceptors (Lipinski definition) is 6. The summed E-state index contributed by atoms with van der Waals surface area (Å²) in [6.45, 7) is 5.39. The van der Waals surface area contributed by atoms with E-state index in [1.807, 2.05) is 0 Å². The highest BCUT2D eigenvalue weighted by Crippen LogP contribution is 1.86. The molecule has 0 aromatic heterocycles. The zero-order valence-electron chi connectivity index (χ0n) is 12.1. The van der Waals surface area contributed by atoms with E-state index < -0.39 is 24.1 Å². The first-order valence-electron chi connectivity index (χ1n) is 5.57. The maximum Gasteiger partial charge on any atom is 0.332 e. The van der Waals surface area contributed by atoms with Crippen LogP contribution in [0.4, 0.5) is 0 Å². The molecular formula is C11H25NO8. The molecule has 0 aliphatic carbocycles. The average Bonchev–Trinajstić information content (AvgIpc) is 2.27. The number of aliphatic carboxylic acids is 2. The van der Waals surface area contributed by atoms with Gasteiger partial charge >= 0.3 is 5.97 Å². The number of hydrogen-bond donors (Lipinski definition) is 6. The molecule has 7 N–H and O–H groups in total. The number of aliphatic hydroxyl groups is 3. The zero-order chi connectivity index (χ0) is 17.3. The first kappa shape index (κ1) is 26.8. The molecule has 20 heavy (non-hydrogen) atoms. The Balaban J connectivity index is -0.0000000883. The second-order valence-corrected chi connectivity index (χ2v) is 3.42. The predicted molar refractivity (Wildman–Crippen MR) is 70.9 cm³/mol. The summed E-state index contributed by atoms with van der Waals surface area (Å²) in [5.74, 6) is -2.32. The van der Waals surface area contributed by atoms with Gasteiger partial charge in [-0.1, -0.05) is 6.92 Å². The second kappa shape index (κ2) is 19.6. The van der Waals surface area contributed by atoms with E-state index in [0.29, 0.717) is 0 Å². The van der Waals surface area contributed by atoms with Crippen LogP contribution in [0.1, 0.15) is 34.1 Å². The summed E-state index contributed by atoms with van der Waals surface area (Å²) >= 11 is 0. The van der Waals surface area contributed by atoms with Gasteiger partial charge in [-0.2, -0.15) is 0 Å². The van der Waals surface area contributed by atoms with Crippen molar-refractivity contribution < 1.29 is 39.9 Å². The molecule has 0 saturated heterocycles. The largest absolute Gasteiger partial charge is 0.481 e. The van der Waals surface area contributed by atoms with Crippen LogP contribution in [0.3, 0.4) is 0 Å². The van der Waals surface area contributed by atoms with E-state index in [1.165, 1.54) is 13.8 Å². The number of nitrogens with two attached hydrogens (primary N) is 1. The molecule has 122 valence electrons. The van der Waals surface area contributed by atoms with Crippen molar-refractivity contribution in [1.29, 1.82) is 0 Å². The smallest absolute Gasteiger partial charge is 0.332 e. The van der Waals surface area contributed by atoms with Gasteiger partial charge < -0.3 is 31.3 Å². The van der Waals surface area contributed by atoms with Crippen molar-refractivity contribution in [2.24, 2.45) is 5.73 Å². The molecule has 0 aromatic rings. The second-order valence-electron chi connectivity index (χ2n) is 3.42. The van der Waals surface area contributed by atoms with Crippen molar-refractivity contribution in [2.45, 2.75) is 46.3 Å². The summed E-state index contributed by atoms with van der Waals surface area (Å²) in [5, 5.41) is 39.7. The summed E-state index contributed by atoms with van der Waals surface area (Å²) in [6, 6.07) is 0. The van der Waals surface area contributed by atoms with E-state index in [4.69, 9.17) is 30.3 Å². The third-order valence-electron chi connectivity index (χ3n) is 0.936. The molecule has 9 nitrogen and oxygen atoms in total. The van der Waals surface area contributed by atoms with Crippen molar-refractivity contribution in [3.63, 3.8) is 0 Å². The number of primary amides is 1. The summed E-state index contributed by atoms with van der Waals surface area (Å²) < 4.78 is 0. The van der Waals surface area contributed by atoms with Crippen LogP contribution < -0.4 is 5.73 Å². The number of rotatable bonds is 3. The molecule has 0 radical (unpaired) electrons. The van der Waals surface area contributed by atoms with Gasteiger partial charge in [0.25, 0.3) is 5.97 Å². The van der Waals surface area contributed by atoms with E-state index in [2.05, 4.69) is 5.73 Å². The molecule has 0 spiro atoms. The molecule has 0 rings (SSSR count). The Morgan fingerprint density at radius 2 is 1.30 bits per heavy atom. The number of carbonyl (C=O) groups is 3. The molecule has 0 aromatic carbocycles. The maximum atomic E-state index is 9.68. The van der Waals surface area contributed by atoms with Crippen LogP contribution in [0.15, 0.2) is 0 Å². The molecule has 0 aliphatic heterocycles. The minimum Gasteiger partial charge on any atom is -0.481 e. The molecule has 0 fully saturated rings. The molecule has 0 heterocycles. The highest BCUT2D eigenvalue weighted by atomic mass is 16.4. The van der Waals surface area contributed by atoms with Gasteiger partial charge in [-0.05, 0) is 13.3 Å². The first-order chi connectivity index (χ1) is 8.91. The van der Waals surface area contributed by atoms with Crippen molar-refractivity contribution in [2.75, 3.05) is 6.61 Å². The number of aliphatic hydroxyl groups excluding tert-OH is 3. The Morgan fingerprint density at radius 3 is 1.30 bits per heavy atom.